The van der Waals surface area contributed by atoms with Gasteiger partial charge in [-0.15, -0.1) is 22.7 Å². The number of fused-ring (bicyclic) bond motifs is 1. The summed E-state index contributed by atoms with van der Waals surface area (Å²) >= 11 is 2.87. The number of carbonyl (C=O) groups excluding carboxylic acids is 1. The second-order valence-corrected chi connectivity index (χ2v) is 10.1. The molecule has 0 atom stereocenters. The monoisotopic (exact) mass is 493 g/mol. The van der Waals surface area contributed by atoms with Gasteiger partial charge in [0.2, 0.25) is 0 Å². The SMILES string of the molecule is Cc1csc2c1c(N1CCN(C(=O)c3cccs3)CC1)c(C(=O)O)c(=O)n2Cc1ccccc1. The largest absolute Gasteiger partial charge is 0.477 e. The standard InChI is InChI=1S/C25H23N3O4S2/c1-16-15-34-24-19(16)21(26-9-11-27(12-10-26)22(29)18-8-5-13-33-18)20(25(31)32)23(30)28(24)14-17-6-3-2-4-7-17/h2-8,13,15H,9-12,14H2,1H3,(H,31,32). The van der Waals surface area contributed by atoms with E-state index in [-0.39, 0.29) is 11.5 Å². The molecule has 0 saturated carbocycles. The minimum atomic E-state index is -1.23. The van der Waals surface area contributed by atoms with Crippen LogP contribution < -0.4 is 10.5 Å². The number of hydrogen-bond acceptors (Lipinski definition) is 6. The van der Waals surface area contributed by atoms with Crippen molar-refractivity contribution in [3.05, 3.63) is 85.1 Å². The summed E-state index contributed by atoms with van der Waals surface area (Å²) in [7, 11) is 0. The van der Waals surface area contributed by atoms with Gasteiger partial charge in [-0.3, -0.25) is 14.2 Å². The van der Waals surface area contributed by atoms with Crippen LogP contribution in [-0.2, 0) is 6.54 Å². The van der Waals surface area contributed by atoms with Gasteiger partial charge in [-0.25, -0.2) is 4.79 Å². The molecule has 0 aliphatic carbocycles. The Labute approximate surface area is 204 Å². The predicted molar refractivity (Wildman–Crippen MR) is 136 cm³/mol. The highest BCUT2D eigenvalue weighted by Crippen LogP contribution is 2.36. The van der Waals surface area contributed by atoms with Crippen LogP contribution in [0.1, 0.15) is 31.2 Å². The number of amides is 1. The van der Waals surface area contributed by atoms with E-state index in [0.29, 0.717) is 43.3 Å². The number of aromatic nitrogens is 1. The molecule has 4 heterocycles. The summed E-state index contributed by atoms with van der Waals surface area (Å²) in [5.41, 5.74) is 1.64. The number of thiophene rings is 2. The molecule has 34 heavy (non-hydrogen) atoms. The number of rotatable bonds is 5. The van der Waals surface area contributed by atoms with Gasteiger partial charge in [0.25, 0.3) is 11.5 Å². The number of aromatic carboxylic acids is 1. The highest BCUT2D eigenvalue weighted by atomic mass is 32.1. The second kappa shape index (κ2) is 9.08. The lowest BCUT2D eigenvalue weighted by atomic mass is 10.1. The third kappa shape index (κ3) is 3.91. The Morgan fingerprint density at radius 1 is 1.00 bits per heavy atom. The van der Waals surface area contributed by atoms with Gasteiger partial charge >= 0.3 is 5.97 Å². The predicted octanol–water partition coefficient (Wildman–Crippen LogP) is 4.14. The highest BCUT2D eigenvalue weighted by Gasteiger charge is 2.31. The van der Waals surface area contributed by atoms with Gasteiger partial charge in [0.15, 0.2) is 0 Å². The maximum absolute atomic E-state index is 13.5. The minimum absolute atomic E-state index is 0.0109. The van der Waals surface area contributed by atoms with Crippen molar-refractivity contribution >= 4 is 50.5 Å². The number of anilines is 1. The van der Waals surface area contributed by atoms with Crippen LogP contribution >= 0.6 is 22.7 Å². The van der Waals surface area contributed by atoms with Crippen molar-refractivity contribution < 1.29 is 14.7 Å². The molecule has 1 N–H and O–H groups in total. The van der Waals surface area contributed by atoms with Crippen molar-refractivity contribution in [1.82, 2.24) is 9.47 Å². The summed E-state index contributed by atoms with van der Waals surface area (Å²) in [5, 5.41) is 14.8. The van der Waals surface area contributed by atoms with Crippen LogP contribution in [0, 0.1) is 6.92 Å². The van der Waals surface area contributed by atoms with Crippen molar-refractivity contribution in [2.24, 2.45) is 0 Å². The summed E-state index contributed by atoms with van der Waals surface area (Å²) in [6.45, 7) is 4.11. The average molecular weight is 494 g/mol. The van der Waals surface area contributed by atoms with Gasteiger partial charge in [-0.2, -0.15) is 0 Å². The molecule has 1 saturated heterocycles. The molecular weight excluding hydrogens is 470 g/mol. The molecule has 5 rings (SSSR count). The molecule has 9 heteroatoms. The lowest BCUT2D eigenvalue weighted by molar-refractivity contribution is 0.0691. The summed E-state index contributed by atoms with van der Waals surface area (Å²) in [5.74, 6) is -1.24. The number of carboxylic acids is 1. The molecule has 0 spiro atoms. The molecule has 0 unspecified atom stereocenters. The van der Waals surface area contributed by atoms with E-state index in [1.807, 2.05) is 65.0 Å². The normalized spacial score (nSPS) is 14.0. The Morgan fingerprint density at radius 2 is 1.74 bits per heavy atom. The average Bonchev–Trinajstić information content (AvgIpc) is 3.51. The van der Waals surface area contributed by atoms with E-state index < -0.39 is 11.5 Å². The molecule has 1 fully saturated rings. The van der Waals surface area contributed by atoms with Crippen LogP contribution in [-0.4, -0.2) is 52.6 Å². The quantitative estimate of drug-likeness (QED) is 0.452. The van der Waals surface area contributed by atoms with E-state index in [4.69, 9.17) is 0 Å². The molecule has 1 aliphatic rings. The van der Waals surface area contributed by atoms with Crippen molar-refractivity contribution in [3.8, 4) is 0 Å². The number of benzene rings is 1. The Balaban J connectivity index is 1.55. The van der Waals surface area contributed by atoms with E-state index in [9.17, 15) is 19.5 Å². The van der Waals surface area contributed by atoms with E-state index in [0.717, 1.165) is 21.3 Å². The number of nitrogens with zero attached hydrogens (tertiary/aromatic N) is 3. The van der Waals surface area contributed by atoms with Crippen LogP contribution in [0.4, 0.5) is 5.69 Å². The van der Waals surface area contributed by atoms with Crippen LogP contribution in [0.2, 0.25) is 0 Å². The molecular formula is C25H23N3O4S2. The van der Waals surface area contributed by atoms with E-state index in [1.54, 1.807) is 9.47 Å². The van der Waals surface area contributed by atoms with Crippen molar-refractivity contribution in [2.45, 2.75) is 13.5 Å². The smallest absolute Gasteiger partial charge is 0.343 e. The lowest BCUT2D eigenvalue weighted by Gasteiger charge is -2.37. The number of pyridine rings is 1. The Kier molecular flexibility index (Phi) is 5.97. The second-order valence-electron chi connectivity index (χ2n) is 8.26. The van der Waals surface area contributed by atoms with Crippen LogP contribution in [0.15, 0.2) is 58.0 Å². The van der Waals surface area contributed by atoms with Gasteiger partial charge in [0.05, 0.1) is 17.1 Å². The fraction of sp³-hybridized carbons (Fsp3) is 0.240. The number of carboxylic acid groups (broad SMARTS) is 1. The first-order chi connectivity index (χ1) is 16.5. The van der Waals surface area contributed by atoms with E-state index >= 15 is 0 Å². The van der Waals surface area contributed by atoms with E-state index in [2.05, 4.69) is 0 Å². The summed E-state index contributed by atoms with van der Waals surface area (Å²) < 4.78 is 1.58. The highest BCUT2D eigenvalue weighted by molar-refractivity contribution is 7.17. The molecule has 1 aliphatic heterocycles. The fourth-order valence-corrected chi connectivity index (χ4v) is 6.23. The Bertz CT molecular complexity index is 1420. The van der Waals surface area contributed by atoms with Crippen molar-refractivity contribution in [1.29, 1.82) is 0 Å². The van der Waals surface area contributed by atoms with Gasteiger partial charge in [-0.1, -0.05) is 36.4 Å². The number of carbonyl (C=O) groups is 2. The first kappa shape index (κ1) is 22.4. The number of hydrogen-bond donors (Lipinski definition) is 1. The molecule has 3 aromatic heterocycles. The van der Waals surface area contributed by atoms with Crippen LogP contribution in [0.25, 0.3) is 10.2 Å². The molecule has 174 valence electrons. The minimum Gasteiger partial charge on any atom is -0.477 e. The summed E-state index contributed by atoms with van der Waals surface area (Å²) in [4.78, 5) is 43.9. The molecule has 4 aromatic rings. The third-order valence-corrected chi connectivity index (χ3v) is 8.12. The van der Waals surface area contributed by atoms with Crippen molar-refractivity contribution in [2.75, 3.05) is 31.1 Å². The Hall–Kier alpha value is -3.43. The van der Waals surface area contributed by atoms with Crippen LogP contribution in [0.5, 0.6) is 0 Å². The first-order valence-electron chi connectivity index (χ1n) is 10.9. The van der Waals surface area contributed by atoms with Gasteiger partial charge in [-0.05, 0) is 34.9 Å². The summed E-state index contributed by atoms with van der Waals surface area (Å²) in [6, 6.07) is 13.2. The maximum atomic E-state index is 13.5. The topological polar surface area (TPSA) is 82.9 Å². The van der Waals surface area contributed by atoms with Gasteiger partial charge in [0.1, 0.15) is 10.4 Å². The van der Waals surface area contributed by atoms with E-state index in [1.165, 1.54) is 22.7 Å². The summed E-state index contributed by atoms with van der Waals surface area (Å²) in [6.07, 6.45) is 0. The van der Waals surface area contributed by atoms with Crippen molar-refractivity contribution in [3.63, 3.8) is 0 Å². The number of aryl methyl sites for hydroxylation is 1. The molecule has 0 bridgehead atoms. The molecule has 1 amide bonds. The van der Waals surface area contributed by atoms with Crippen LogP contribution in [0.3, 0.4) is 0 Å². The molecule has 7 nitrogen and oxygen atoms in total. The maximum Gasteiger partial charge on any atom is 0.343 e. The number of piperazine rings is 1. The first-order valence-corrected chi connectivity index (χ1v) is 12.7. The van der Waals surface area contributed by atoms with Gasteiger partial charge < -0.3 is 14.9 Å². The third-order valence-electron chi connectivity index (χ3n) is 6.15. The van der Waals surface area contributed by atoms with Gasteiger partial charge in [0, 0.05) is 31.6 Å². The Morgan fingerprint density at radius 3 is 2.38 bits per heavy atom. The molecule has 1 aromatic carbocycles. The zero-order chi connectivity index (χ0) is 23.8. The zero-order valence-corrected chi connectivity index (χ0v) is 20.2. The zero-order valence-electron chi connectivity index (χ0n) is 18.6. The fourth-order valence-electron chi connectivity index (χ4n) is 4.48. The lowest BCUT2D eigenvalue weighted by Crippen LogP contribution is -2.49. The molecule has 0 radical (unpaired) electrons.